The quantitative estimate of drug-likeness (QED) is 0.467. The summed E-state index contributed by atoms with van der Waals surface area (Å²) >= 11 is 6.48. The van der Waals surface area contributed by atoms with E-state index in [4.69, 9.17) is 5.73 Å². The Morgan fingerprint density at radius 1 is 1.15 bits per heavy atom. The van der Waals surface area contributed by atoms with Gasteiger partial charge in [0.25, 0.3) is 0 Å². The molecule has 0 aliphatic carbocycles. The number of anilines is 1. The van der Waals surface area contributed by atoms with E-state index in [2.05, 4.69) is 86.9 Å². The highest BCUT2D eigenvalue weighted by atomic mass is 127. The van der Waals surface area contributed by atoms with E-state index in [1.54, 1.807) is 0 Å². The molecule has 0 fully saturated rings. The van der Waals surface area contributed by atoms with Crippen molar-refractivity contribution in [1.82, 2.24) is 5.32 Å². The van der Waals surface area contributed by atoms with Crippen molar-refractivity contribution in [2.45, 2.75) is 16.7 Å². The van der Waals surface area contributed by atoms with Gasteiger partial charge in [-0.1, -0.05) is 24.3 Å². The van der Waals surface area contributed by atoms with Gasteiger partial charge >= 0.3 is 0 Å². The molecule has 0 spiro atoms. The number of hydrogen-bond donors (Lipinski definition) is 2. The first-order valence-corrected chi connectivity index (χ1v) is 9.41. The van der Waals surface area contributed by atoms with E-state index in [0.29, 0.717) is 5.37 Å². The number of fused-ring (bicyclic) bond motifs is 1. The number of nitrogen functional groups attached to an aromatic ring is 1. The molecule has 1 heterocycles. The number of rotatable bonds is 2. The Morgan fingerprint density at radius 3 is 2.60 bits per heavy atom. The second kappa shape index (κ2) is 6.41. The third-order valence-corrected chi connectivity index (χ3v) is 6.32. The van der Waals surface area contributed by atoms with Gasteiger partial charge in [-0.05, 0) is 74.9 Å². The molecule has 0 saturated carbocycles. The molecule has 2 nitrogen and oxygen atoms in total. The molecule has 3 rings (SSSR count). The Kier molecular flexibility index (Phi) is 4.79. The molecular formula is C15H14I2N2S. The van der Waals surface area contributed by atoms with Gasteiger partial charge in [0.1, 0.15) is 0 Å². The van der Waals surface area contributed by atoms with Gasteiger partial charge in [-0.25, -0.2) is 0 Å². The number of nitrogens with two attached hydrogens (primary N) is 1. The van der Waals surface area contributed by atoms with Crippen LogP contribution in [-0.4, -0.2) is 6.54 Å². The molecule has 0 amide bonds. The standard InChI is InChI=1S/C15H14I2N2S/c16-12-7-10(8-13(17)14(12)18)20-15-11-4-2-1-3-9(11)5-6-19-15/h1-4,7-8,15,19H,5-6,18H2. The topological polar surface area (TPSA) is 38.0 Å². The van der Waals surface area contributed by atoms with Gasteiger partial charge in [0.05, 0.1) is 11.1 Å². The first-order chi connectivity index (χ1) is 9.65. The summed E-state index contributed by atoms with van der Waals surface area (Å²) in [5, 5.41) is 3.93. The number of thioether (sulfide) groups is 1. The van der Waals surface area contributed by atoms with Gasteiger partial charge in [-0.3, -0.25) is 0 Å². The van der Waals surface area contributed by atoms with Crippen molar-refractivity contribution in [3.8, 4) is 0 Å². The van der Waals surface area contributed by atoms with Crippen LogP contribution < -0.4 is 11.1 Å². The molecule has 20 heavy (non-hydrogen) atoms. The van der Waals surface area contributed by atoms with Crippen LogP contribution in [0.4, 0.5) is 5.69 Å². The molecule has 5 heteroatoms. The zero-order valence-corrected chi connectivity index (χ0v) is 15.8. The minimum Gasteiger partial charge on any atom is -0.397 e. The van der Waals surface area contributed by atoms with E-state index in [-0.39, 0.29) is 0 Å². The summed E-state index contributed by atoms with van der Waals surface area (Å²) in [6.07, 6.45) is 1.12. The summed E-state index contributed by atoms with van der Waals surface area (Å²) in [4.78, 5) is 1.27. The Bertz CT molecular complexity index is 623. The summed E-state index contributed by atoms with van der Waals surface area (Å²) in [7, 11) is 0. The Balaban J connectivity index is 1.89. The summed E-state index contributed by atoms with van der Waals surface area (Å²) in [5.41, 5.74) is 9.77. The second-order valence-corrected chi connectivity index (χ2v) is 8.20. The highest BCUT2D eigenvalue weighted by Crippen LogP contribution is 2.39. The van der Waals surface area contributed by atoms with Crippen LogP contribution in [0.2, 0.25) is 0 Å². The summed E-state index contributed by atoms with van der Waals surface area (Å²) < 4.78 is 2.25. The number of nitrogens with one attached hydrogen (secondary N) is 1. The maximum absolute atomic E-state index is 6.02. The van der Waals surface area contributed by atoms with Gasteiger partial charge in [0.2, 0.25) is 0 Å². The second-order valence-electron chi connectivity index (χ2n) is 4.70. The molecule has 1 unspecified atom stereocenters. The van der Waals surface area contributed by atoms with E-state index in [0.717, 1.165) is 25.8 Å². The van der Waals surface area contributed by atoms with Crippen LogP contribution >= 0.6 is 56.9 Å². The van der Waals surface area contributed by atoms with Crippen molar-refractivity contribution in [2.24, 2.45) is 0 Å². The van der Waals surface area contributed by atoms with Crippen LogP contribution in [0.1, 0.15) is 16.5 Å². The lowest BCUT2D eigenvalue weighted by molar-refractivity contribution is 0.630. The monoisotopic (exact) mass is 508 g/mol. The predicted octanol–water partition coefficient (Wildman–Crippen LogP) is 4.41. The Morgan fingerprint density at radius 2 is 1.85 bits per heavy atom. The fourth-order valence-corrected chi connectivity index (χ4v) is 5.73. The van der Waals surface area contributed by atoms with Crippen molar-refractivity contribution in [3.63, 3.8) is 0 Å². The zero-order chi connectivity index (χ0) is 14.1. The molecular weight excluding hydrogens is 494 g/mol. The molecule has 0 aromatic heterocycles. The van der Waals surface area contributed by atoms with E-state index in [1.165, 1.54) is 16.0 Å². The lowest BCUT2D eigenvalue weighted by Crippen LogP contribution is -2.27. The maximum Gasteiger partial charge on any atom is 0.0838 e. The van der Waals surface area contributed by atoms with Crippen LogP contribution in [0.25, 0.3) is 0 Å². The number of benzene rings is 2. The van der Waals surface area contributed by atoms with Crippen molar-refractivity contribution in [1.29, 1.82) is 0 Å². The smallest absolute Gasteiger partial charge is 0.0838 e. The van der Waals surface area contributed by atoms with Gasteiger partial charge in [0.15, 0.2) is 0 Å². The molecule has 0 radical (unpaired) electrons. The van der Waals surface area contributed by atoms with Crippen molar-refractivity contribution in [2.75, 3.05) is 12.3 Å². The Hall–Kier alpha value is 0.01000. The largest absolute Gasteiger partial charge is 0.397 e. The zero-order valence-electron chi connectivity index (χ0n) is 10.7. The highest BCUT2D eigenvalue weighted by molar-refractivity contribution is 14.1. The minimum absolute atomic E-state index is 0.329. The van der Waals surface area contributed by atoms with Crippen LogP contribution in [0, 0.1) is 7.14 Å². The molecule has 1 aliphatic rings. The summed E-state index contributed by atoms with van der Waals surface area (Å²) in [5.74, 6) is 0. The van der Waals surface area contributed by atoms with Crippen LogP contribution in [0.5, 0.6) is 0 Å². The summed E-state index contributed by atoms with van der Waals surface area (Å²) in [6, 6.07) is 13.0. The molecule has 2 aromatic carbocycles. The fraction of sp³-hybridized carbons (Fsp3) is 0.200. The average Bonchev–Trinajstić information content (AvgIpc) is 2.45. The van der Waals surface area contributed by atoms with Crippen molar-refractivity contribution < 1.29 is 0 Å². The third kappa shape index (κ3) is 3.10. The maximum atomic E-state index is 6.02. The number of hydrogen-bond acceptors (Lipinski definition) is 3. The number of halogens is 2. The molecule has 1 atom stereocenters. The van der Waals surface area contributed by atoms with Crippen LogP contribution in [0.3, 0.4) is 0 Å². The lowest BCUT2D eigenvalue weighted by atomic mass is 10.0. The van der Waals surface area contributed by atoms with Crippen LogP contribution in [0.15, 0.2) is 41.3 Å². The van der Waals surface area contributed by atoms with Gasteiger partial charge in [0, 0.05) is 18.6 Å². The predicted molar refractivity (Wildman–Crippen MR) is 103 cm³/mol. The molecule has 0 saturated heterocycles. The third-order valence-electron chi connectivity index (χ3n) is 3.37. The first-order valence-electron chi connectivity index (χ1n) is 6.37. The lowest BCUT2D eigenvalue weighted by Gasteiger charge is -2.26. The fourth-order valence-electron chi connectivity index (χ4n) is 2.34. The highest BCUT2D eigenvalue weighted by Gasteiger charge is 2.20. The average molecular weight is 508 g/mol. The molecule has 2 aromatic rings. The molecule has 104 valence electrons. The van der Waals surface area contributed by atoms with E-state index >= 15 is 0 Å². The van der Waals surface area contributed by atoms with Crippen molar-refractivity contribution in [3.05, 3.63) is 54.7 Å². The van der Waals surface area contributed by atoms with Gasteiger partial charge in [-0.15, -0.1) is 11.8 Å². The molecule has 3 N–H and O–H groups in total. The molecule has 1 aliphatic heterocycles. The summed E-state index contributed by atoms with van der Waals surface area (Å²) in [6.45, 7) is 1.04. The van der Waals surface area contributed by atoms with Crippen LogP contribution in [-0.2, 0) is 6.42 Å². The van der Waals surface area contributed by atoms with E-state index in [9.17, 15) is 0 Å². The SMILES string of the molecule is Nc1c(I)cc(SC2NCCc3ccccc32)cc1I. The first kappa shape index (κ1) is 14.9. The van der Waals surface area contributed by atoms with Crippen molar-refractivity contribution >= 4 is 62.6 Å². The van der Waals surface area contributed by atoms with Gasteiger partial charge < -0.3 is 11.1 Å². The minimum atomic E-state index is 0.329. The van der Waals surface area contributed by atoms with Gasteiger partial charge in [-0.2, -0.15) is 0 Å². The molecule has 0 bridgehead atoms. The van der Waals surface area contributed by atoms with E-state index < -0.39 is 0 Å². The Labute approximate surface area is 150 Å². The van der Waals surface area contributed by atoms with E-state index in [1.807, 2.05) is 11.8 Å². The normalized spacial score (nSPS) is 17.8.